The van der Waals surface area contributed by atoms with Crippen LogP contribution in [-0.2, 0) is 20.0 Å². The summed E-state index contributed by atoms with van der Waals surface area (Å²) in [6.45, 7) is 3.42. The Kier molecular flexibility index (Phi) is 6.02. The van der Waals surface area contributed by atoms with Crippen LogP contribution < -0.4 is 4.72 Å². The van der Waals surface area contributed by atoms with Gasteiger partial charge in [0, 0.05) is 19.6 Å². The summed E-state index contributed by atoms with van der Waals surface area (Å²) < 4.78 is 62.8. The van der Waals surface area contributed by atoms with E-state index in [1.807, 2.05) is 0 Å². The van der Waals surface area contributed by atoms with E-state index in [0.717, 1.165) is 34.8 Å². The minimum Gasteiger partial charge on any atom is -0.212 e. The van der Waals surface area contributed by atoms with Gasteiger partial charge < -0.3 is 0 Å². The van der Waals surface area contributed by atoms with Gasteiger partial charge in [0.25, 0.3) is 0 Å². The third kappa shape index (κ3) is 5.54. The maximum atomic E-state index is 12.8. The van der Waals surface area contributed by atoms with Gasteiger partial charge >= 0.3 is 0 Å². The molecule has 0 spiro atoms. The molecule has 1 N–H and O–H groups in total. The number of rotatable bonds is 8. The Morgan fingerprint density at radius 2 is 1.81 bits per heavy atom. The van der Waals surface area contributed by atoms with Crippen molar-refractivity contribution in [2.45, 2.75) is 4.90 Å². The minimum absolute atomic E-state index is 0.0225. The number of nitrogens with zero attached hydrogens (tertiary/aromatic N) is 1. The van der Waals surface area contributed by atoms with E-state index in [4.69, 9.17) is 0 Å². The lowest BCUT2D eigenvalue weighted by molar-refractivity contribution is 0.447. The highest BCUT2D eigenvalue weighted by Crippen LogP contribution is 2.09. The van der Waals surface area contributed by atoms with Crippen LogP contribution in [0.1, 0.15) is 0 Å². The fourth-order valence-electron chi connectivity index (χ4n) is 1.54. The van der Waals surface area contributed by atoms with E-state index in [9.17, 15) is 21.2 Å². The monoisotopic (exact) mass is 336 g/mol. The molecule has 118 valence electrons. The molecule has 0 aromatic heterocycles. The number of hydrogen-bond donors (Lipinski definition) is 1. The van der Waals surface area contributed by atoms with Crippen LogP contribution in [0.2, 0.25) is 0 Å². The van der Waals surface area contributed by atoms with E-state index in [1.165, 1.54) is 6.08 Å². The Morgan fingerprint density at radius 3 is 2.29 bits per heavy atom. The highest BCUT2D eigenvalue weighted by atomic mass is 32.2. The molecule has 0 atom stereocenters. The molecule has 0 amide bonds. The molecule has 0 fully saturated rings. The molecule has 21 heavy (non-hydrogen) atoms. The SMILES string of the molecule is C=CCN(CCNS(=O)(=O)c1ccc(F)cc1)S(C)(=O)=O. The van der Waals surface area contributed by atoms with Gasteiger partial charge in [-0.25, -0.2) is 25.9 Å². The van der Waals surface area contributed by atoms with Crippen LogP contribution in [0.25, 0.3) is 0 Å². The highest BCUT2D eigenvalue weighted by Gasteiger charge is 2.17. The van der Waals surface area contributed by atoms with E-state index in [-0.39, 0.29) is 24.5 Å². The molecular formula is C12H17FN2O4S2. The summed E-state index contributed by atoms with van der Waals surface area (Å²) in [7, 11) is -7.23. The second kappa shape index (κ2) is 7.12. The first-order chi connectivity index (χ1) is 9.66. The first-order valence-electron chi connectivity index (χ1n) is 5.98. The molecule has 0 aliphatic heterocycles. The van der Waals surface area contributed by atoms with E-state index in [2.05, 4.69) is 11.3 Å². The van der Waals surface area contributed by atoms with Gasteiger partial charge in [-0.15, -0.1) is 6.58 Å². The molecule has 0 bridgehead atoms. The van der Waals surface area contributed by atoms with E-state index >= 15 is 0 Å². The first kappa shape index (κ1) is 17.8. The zero-order chi connectivity index (χ0) is 16.1. The van der Waals surface area contributed by atoms with Crippen molar-refractivity contribution in [1.29, 1.82) is 0 Å². The maximum absolute atomic E-state index is 12.8. The molecule has 0 heterocycles. The predicted molar refractivity (Wildman–Crippen MR) is 78.2 cm³/mol. The summed E-state index contributed by atoms with van der Waals surface area (Å²) in [5.74, 6) is -0.539. The van der Waals surface area contributed by atoms with Crippen molar-refractivity contribution in [1.82, 2.24) is 9.03 Å². The van der Waals surface area contributed by atoms with Gasteiger partial charge in [0.05, 0.1) is 11.2 Å². The average Bonchev–Trinajstić information content (AvgIpc) is 2.37. The van der Waals surface area contributed by atoms with Crippen LogP contribution in [0.15, 0.2) is 41.8 Å². The lowest BCUT2D eigenvalue weighted by Gasteiger charge is -2.18. The quantitative estimate of drug-likeness (QED) is 0.703. The van der Waals surface area contributed by atoms with Gasteiger partial charge in [-0.1, -0.05) is 6.08 Å². The maximum Gasteiger partial charge on any atom is 0.240 e. The first-order valence-corrected chi connectivity index (χ1v) is 9.31. The van der Waals surface area contributed by atoms with Crippen molar-refractivity contribution < 1.29 is 21.2 Å². The summed E-state index contributed by atoms with van der Waals surface area (Å²) in [5, 5.41) is 0. The van der Waals surface area contributed by atoms with Gasteiger partial charge in [0.2, 0.25) is 20.0 Å². The molecule has 6 nitrogen and oxygen atoms in total. The van der Waals surface area contributed by atoms with Gasteiger partial charge in [0.15, 0.2) is 0 Å². The molecule has 0 aliphatic carbocycles. The van der Waals surface area contributed by atoms with Gasteiger partial charge in [0.1, 0.15) is 5.82 Å². The Labute approximate surface area is 124 Å². The third-order valence-electron chi connectivity index (χ3n) is 2.58. The summed E-state index contributed by atoms with van der Waals surface area (Å²) in [6, 6.07) is 4.34. The summed E-state index contributed by atoms with van der Waals surface area (Å²) in [5.41, 5.74) is 0. The normalized spacial score (nSPS) is 12.5. The Hall–Kier alpha value is -1.29. The molecule has 1 rings (SSSR count). The van der Waals surface area contributed by atoms with E-state index < -0.39 is 25.9 Å². The Bertz CT molecular complexity index is 684. The lowest BCUT2D eigenvalue weighted by Crippen LogP contribution is -2.38. The zero-order valence-electron chi connectivity index (χ0n) is 11.5. The number of hydrogen-bond acceptors (Lipinski definition) is 4. The van der Waals surface area contributed by atoms with Gasteiger partial charge in [-0.3, -0.25) is 0 Å². The van der Waals surface area contributed by atoms with E-state index in [0.29, 0.717) is 0 Å². The molecule has 0 radical (unpaired) electrons. The summed E-state index contributed by atoms with van der Waals surface area (Å²) in [4.78, 5) is -0.0847. The molecule has 0 saturated carbocycles. The Balaban J connectivity index is 2.69. The van der Waals surface area contributed by atoms with Crippen LogP contribution in [0.4, 0.5) is 4.39 Å². The topological polar surface area (TPSA) is 83.6 Å². The molecular weight excluding hydrogens is 319 g/mol. The van der Waals surface area contributed by atoms with Crippen molar-refractivity contribution >= 4 is 20.0 Å². The van der Waals surface area contributed by atoms with Crippen molar-refractivity contribution in [3.63, 3.8) is 0 Å². The molecule has 1 aromatic rings. The molecule has 0 saturated heterocycles. The smallest absolute Gasteiger partial charge is 0.212 e. The fraction of sp³-hybridized carbons (Fsp3) is 0.333. The van der Waals surface area contributed by atoms with Crippen molar-refractivity contribution in [3.05, 3.63) is 42.7 Å². The largest absolute Gasteiger partial charge is 0.240 e. The van der Waals surface area contributed by atoms with Crippen LogP contribution in [0.3, 0.4) is 0 Å². The second-order valence-electron chi connectivity index (χ2n) is 4.26. The predicted octanol–water partition coefficient (Wildman–Crippen LogP) is 0.552. The van der Waals surface area contributed by atoms with Crippen molar-refractivity contribution in [2.75, 3.05) is 25.9 Å². The average molecular weight is 336 g/mol. The van der Waals surface area contributed by atoms with E-state index in [1.54, 1.807) is 0 Å². The number of sulfonamides is 2. The fourth-order valence-corrected chi connectivity index (χ4v) is 3.36. The van der Waals surface area contributed by atoms with Crippen LogP contribution in [0.5, 0.6) is 0 Å². The lowest BCUT2D eigenvalue weighted by atomic mass is 10.4. The number of halogens is 1. The Morgan fingerprint density at radius 1 is 1.24 bits per heavy atom. The zero-order valence-corrected chi connectivity index (χ0v) is 13.1. The standard InChI is InChI=1S/C12H17FN2O4S2/c1-3-9-15(20(2,16)17)10-8-14-21(18,19)12-6-4-11(13)5-7-12/h3-7,14H,1,8-10H2,2H3. The molecule has 0 aliphatic rings. The number of nitrogens with one attached hydrogen (secondary N) is 1. The third-order valence-corrected chi connectivity index (χ3v) is 5.33. The van der Waals surface area contributed by atoms with Crippen molar-refractivity contribution in [3.8, 4) is 0 Å². The van der Waals surface area contributed by atoms with Crippen molar-refractivity contribution in [2.24, 2.45) is 0 Å². The van der Waals surface area contributed by atoms with Crippen LogP contribution in [-0.4, -0.2) is 47.0 Å². The number of benzene rings is 1. The van der Waals surface area contributed by atoms with Gasteiger partial charge in [-0.05, 0) is 24.3 Å². The molecule has 9 heteroatoms. The summed E-state index contributed by atoms with van der Waals surface area (Å²) in [6.07, 6.45) is 2.44. The minimum atomic E-state index is -3.80. The van der Waals surface area contributed by atoms with Crippen LogP contribution in [0, 0.1) is 5.82 Å². The highest BCUT2D eigenvalue weighted by molar-refractivity contribution is 7.89. The summed E-state index contributed by atoms with van der Waals surface area (Å²) >= 11 is 0. The van der Waals surface area contributed by atoms with Gasteiger partial charge in [-0.2, -0.15) is 4.31 Å². The second-order valence-corrected chi connectivity index (χ2v) is 8.01. The molecule has 1 aromatic carbocycles. The molecule has 0 unspecified atom stereocenters. The van der Waals surface area contributed by atoms with Crippen LogP contribution >= 0.6 is 0 Å².